The number of methoxy groups -OCH3 is 1. The van der Waals surface area contributed by atoms with Crippen molar-refractivity contribution in [1.82, 2.24) is 0 Å². The average molecular weight is 248 g/mol. The monoisotopic (exact) mass is 248 g/mol. The predicted octanol–water partition coefficient (Wildman–Crippen LogP) is 3.23. The van der Waals surface area contributed by atoms with Crippen molar-refractivity contribution in [3.63, 3.8) is 0 Å². The molecule has 0 fully saturated rings. The van der Waals surface area contributed by atoms with E-state index in [2.05, 4.69) is 0 Å². The molecule has 0 radical (unpaired) electrons. The van der Waals surface area contributed by atoms with E-state index in [0.717, 1.165) is 16.5 Å². The van der Waals surface area contributed by atoms with E-state index in [0.29, 0.717) is 5.76 Å². The third-order valence-corrected chi connectivity index (χ3v) is 3.49. The largest absolute Gasteiger partial charge is 0.458 e. The Labute approximate surface area is 107 Å². The van der Waals surface area contributed by atoms with Gasteiger partial charge in [0.25, 0.3) is 0 Å². The Morgan fingerprint density at radius 3 is 2.67 bits per heavy atom. The minimum atomic E-state index is -1.08. The van der Waals surface area contributed by atoms with Crippen LogP contribution in [0.1, 0.15) is 25.2 Å². The Kier molecular flexibility index (Phi) is 3.46. The van der Waals surface area contributed by atoms with Gasteiger partial charge >= 0.3 is 0 Å². The van der Waals surface area contributed by atoms with Gasteiger partial charge in [0.2, 0.25) is 0 Å². The number of furan rings is 1. The molecule has 3 heteroatoms. The quantitative estimate of drug-likeness (QED) is 0.903. The lowest BCUT2D eigenvalue weighted by atomic mass is 9.88. The second-order valence-corrected chi connectivity index (χ2v) is 5.12. The average Bonchev–Trinajstić information content (AvgIpc) is 2.74. The van der Waals surface area contributed by atoms with Crippen molar-refractivity contribution in [2.75, 3.05) is 13.7 Å². The number of rotatable bonds is 4. The smallest absolute Gasteiger partial charge is 0.147 e. The van der Waals surface area contributed by atoms with Crippen LogP contribution in [-0.4, -0.2) is 18.8 Å². The molecule has 0 spiro atoms. The number of hydrogen-bond acceptors (Lipinski definition) is 3. The lowest BCUT2D eigenvalue weighted by molar-refractivity contribution is -0.0833. The number of fused-ring (bicyclic) bond motifs is 1. The summed E-state index contributed by atoms with van der Waals surface area (Å²) in [5.41, 5.74) is 0.824. The first-order chi connectivity index (χ1) is 8.49. The Bertz CT molecular complexity index is 542. The Morgan fingerprint density at radius 1 is 1.39 bits per heavy atom. The van der Waals surface area contributed by atoms with E-state index in [1.165, 1.54) is 0 Å². The summed E-state index contributed by atoms with van der Waals surface area (Å²) < 4.78 is 11.0. The SMILES string of the molecule is COCC(O)(c1cc2cccc(C)c2o1)C(C)C. The van der Waals surface area contributed by atoms with Crippen LogP contribution in [0.4, 0.5) is 0 Å². The van der Waals surface area contributed by atoms with Gasteiger partial charge in [0.1, 0.15) is 16.9 Å². The summed E-state index contributed by atoms with van der Waals surface area (Å²) in [4.78, 5) is 0. The molecule has 1 heterocycles. The van der Waals surface area contributed by atoms with Crippen LogP contribution < -0.4 is 0 Å². The summed E-state index contributed by atoms with van der Waals surface area (Å²) in [6, 6.07) is 7.88. The van der Waals surface area contributed by atoms with Crippen LogP contribution >= 0.6 is 0 Å². The van der Waals surface area contributed by atoms with Gasteiger partial charge in [-0.1, -0.05) is 32.0 Å². The number of ether oxygens (including phenoxy) is 1. The van der Waals surface area contributed by atoms with Crippen molar-refractivity contribution >= 4 is 11.0 Å². The molecular formula is C15H20O3. The summed E-state index contributed by atoms with van der Waals surface area (Å²) >= 11 is 0. The molecule has 1 unspecified atom stereocenters. The van der Waals surface area contributed by atoms with Gasteiger partial charge in [-0.25, -0.2) is 0 Å². The van der Waals surface area contributed by atoms with E-state index in [4.69, 9.17) is 9.15 Å². The Hall–Kier alpha value is -1.32. The van der Waals surface area contributed by atoms with Crippen LogP contribution in [0.15, 0.2) is 28.7 Å². The summed E-state index contributed by atoms with van der Waals surface area (Å²) in [5.74, 6) is 0.585. The number of para-hydroxylation sites is 1. The van der Waals surface area contributed by atoms with Crippen molar-refractivity contribution < 1.29 is 14.3 Å². The zero-order valence-electron chi connectivity index (χ0n) is 11.4. The highest BCUT2D eigenvalue weighted by atomic mass is 16.5. The number of aliphatic hydroxyl groups is 1. The predicted molar refractivity (Wildman–Crippen MR) is 71.6 cm³/mol. The zero-order valence-corrected chi connectivity index (χ0v) is 11.4. The molecule has 0 saturated carbocycles. The molecule has 0 aliphatic carbocycles. The first-order valence-electron chi connectivity index (χ1n) is 6.20. The van der Waals surface area contributed by atoms with E-state index in [-0.39, 0.29) is 12.5 Å². The lowest BCUT2D eigenvalue weighted by Gasteiger charge is -2.29. The third-order valence-electron chi connectivity index (χ3n) is 3.49. The molecule has 2 rings (SSSR count). The maximum absolute atomic E-state index is 10.7. The van der Waals surface area contributed by atoms with E-state index >= 15 is 0 Å². The Morgan fingerprint density at radius 2 is 2.11 bits per heavy atom. The topological polar surface area (TPSA) is 42.6 Å². The number of aryl methyl sites for hydroxylation is 1. The van der Waals surface area contributed by atoms with Gasteiger partial charge in [-0.15, -0.1) is 0 Å². The molecular weight excluding hydrogens is 228 g/mol. The fourth-order valence-corrected chi connectivity index (χ4v) is 2.16. The molecule has 1 atom stereocenters. The van der Waals surface area contributed by atoms with Crippen LogP contribution in [0.5, 0.6) is 0 Å². The van der Waals surface area contributed by atoms with Gasteiger partial charge in [-0.2, -0.15) is 0 Å². The van der Waals surface area contributed by atoms with Crippen LogP contribution in [-0.2, 0) is 10.3 Å². The fourth-order valence-electron chi connectivity index (χ4n) is 2.16. The lowest BCUT2D eigenvalue weighted by Crippen LogP contribution is -2.36. The normalized spacial score (nSPS) is 15.2. The summed E-state index contributed by atoms with van der Waals surface area (Å²) in [6.45, 7) is 6.14. The molecule has 0 amide bonds. The van der Waals surface area contributed by atoms with E-state index in [9.17, 15) is 5.11 Å². The van der Waals surface area contributed by atoms with Gasteiger partial charge in [-0.05, 0) is 24.5 Å². The zero-order chi connectivity index (χ0) is 13.3. The highest BCUT2D eigenvalue weighted by molar-refractivity contribution is 5.81. The fraction of sp³-hybridized carbons (Fsp3) is 0.467. The maximum atomic E-state index is 10.7. The van der Waals surface area contributed by atoms with Gasteiger partial charge in [0.05, 0.1) is 6.61 Å². The highest BCUT2D eigenvalue weighted by Crippen LogP contribution is 2.34. The highest BCUT2D eigenvalue weighted by Gasteiger charge is 2.36. The summed E-state index contributed by atoms with van der Waals surface area (Å²) in [6.07, 6.45) is 0. The Balaban J connectivity index is 2.55. The number of benzene rings is 1. The molecule has 18 heavy (non-hydrogen) atoms. The van der Waals surface area contributed by atoms with Crippen molar-refractivity contribution in [3.8, 4) is 0 Å². The first-order valence-corrected chi connectivity index (χ1v) is 6.20. The van der Waals surface area contributed by atoms with Crippen molar-refractivity contribution in [2.45, 2.75) is 26.4 Å². The maximum Gasteiger partial charge on any atom is 0.147 e. The molecule has 0 aliphatic heterocycles. The van der Waals surface area contributed by atoms with Crippen LogP contribution in [0.3, 0.4) is 0 Å². The van der Waals surface area contributed by atoms with E-state index in [1.54, 1.807) is 7.11 Å². The molecule has 1 N–H and O–H groups in total. The summed E-state index contributed by atoms with van der Waals surface area (Å²) in [7, 11) is 1.58. The number of hydrogen-bond donors (Lipinski definition) is 1. The minimum Gasteiger partial charge on any atom is -0.458 e. The van der Waals surface area contributed by atoms with E-state index < -0.39 is 5.60 Å². The van der Waals surface area contributed by atoms with Gasteiger partial charge in [0.15, 0.2) is 0 Å². The molecule has 98 valence electrons. The first kappa shape index (κ1) is 13.1. The molecule has 2 aromatic rings. The van der Waals surface area contributed by atoms with Gasteiger partial charge < -0.3 is 14.3 Å². The van der Waals surface area contributed by atoms with Crippen LogP contribution in [0.2, 0.25) is 0 Å². The summed E-state index contributed by atoms with van der Waals surface area (Å²) in [5, 5.41) is 11.7. The van der Waals surface area contributed by atoms with Gasteiger partial charge in [-0.3, -0.25) is 0 Å². The molecule has 3 nitrogen and oxygen atoms in total. The third kappa shape index (κ3) is 2.04. The molecule has 0 saturated heterocycles. The molecule has 1 aromatic carbocycles. The molecule has 0 aliphatic rings. The standard InChI is InChI=1S/C15H20O3/c1-10(2)15(16,9-17-4)13-8-12-7-5-6-11(3)14(12)18-13/h5-8,10,16H,9H2,1-4H3. The second-order valence-electron chi connectivity index (χ2n) is 5.12. The van der Waals surface area contributed by atoms with Gasteiger partial charge in [0, 0.05) is 12.5 Å². The van der Waals surface area contributed by atoms with Crippen molar-refractivity contribution in [2.24, 2.45) is 5.92 Å². The van der Waals surface area contributed by atoms with E-state index in [1.807, 2.05) is 45.0 Å². The van der Waals surface area contributed by atoms with Crippen molar-refractivity contribution in [1.29, 1.82) is 0 Å². The molecule has 0 bridgehead atoms. The molecule has 1 aromatic heterocycles. The van der Waals surface area contributed by atoms with Crippen molar-refractivity contribution in [3.05, 3.63) is 35.6 Å². The minimum absolute atomic E-state index is 0.0123. The van der Waals surface area contributed by atoms with Crippen LogP contribution in [0, 0.1) is 12.8 Å². The second kappa shape index (κ2) is 4.75. The van der Waals surface area contributed by atoms with Crippen LogP contribution in [0.25, 0.3) is 11.0 Å².